The van der Waals surface area contributed by atoms with Gasteiger partial charge in [-0.3, -0.25) is 0 Å². The molecular weight excluding hydrogens is 286 g/mol. The van der Waals surface area contributed by atoms with E-state index in [1.807, 2.05) is 24.3 Å². The Bertz CT molecular complexity index is 655. The Kier molecular flexibility index (Phi) is 3.79. The molecule has 2 N–H and O–H groups in total. The predicted molar refractivity (Wildman–Crippen MR) is 84.3 cm³/mol. The number of rotatable bonds is 1. The van der Waals surface area contributed by atoms with Gasteiger partial charge >= 0.3 is 0 Å². The summed E-state index contributed by atoms with van der Waals surface area (Å²) in [6.45, 7) is 1.81. The lowest BCUT2D eigenvalue weighted by molar-refractivity contribution is 0.338. The highest BCUT2D eigenvalue weighted by Gasteiger charge is 2.24. The third-order valence-corrected chi connectivity index (χ3v) is 4.39. The predicted octanol–water partition coefficient (Wildman–Crippen LogP) is 3.37. The third kappa shape index (κ3) is 2.85. The maximum Gasteiger partial charge on any atom is 0.157 e. The molecule has 1 atom stereocenters. The Labute approximate surface area is 129 Å². The van der Waals surface area contributed by atoms with Crippen LogP contribution in [0.1, 0.15) is 22.6 Å². The smallest absolute Gasteiger partial charge is 0.157 e. The zero-order valence-corrected chi connectivity index (χ0v) is 12.6. The van der Waals surface area contributed by atoms with Crippen LogP contribution in [0.4, 0.5) is 0 Å². The van der Waals surface area contributed by atoms with E-state index in [9.17, 15) is 10.2 Å². The van der Waals surface area contributed by atoms with E-state index in [0.717, 1.165) is 35.7 Å². The number of phenolic OH excluding ortho intramolecular Hbond substituents is 2. The van der Waals surface area contributed by atoms with Crippen molar-refractivity contribution in [2.45, 2.75) is 12.3 Å². The molecule has 2 aromatic rings. The molecule has 0 aliphatic carbocycles. The molecular formula is C17H18ClNO2. The third-order valence-electron chi connectivity index (χ3n) is 4.14. The molecule has 0 spiro atoms. The van der Waals surface area contributed by atoms with Crippen LogP contribution in [0.2, 0.25) is 5.02 Å². The van der Waals surface area contributed by atoms with E-state index in [2.05, 4.69) is 11.9 Å². The van der Waals surface area contributed by atoms with Crippen LogP contribution in [-0.4, -0.2) is 35.3 Å². The first-order chi connectivity index (χ1) is 10.0. The number of halogens is 1. The molecule has 3 rings (SSSR count). The van der Waals surface area contributed by atoms with Crippen LogP contribution in [0.3, 0.4) is 0 Å². The highest BCUT2D eigenvalue weighted by atomic mass is 35.5. The SMILES string of the molecule is CN1CCc2cc(O)c(O)cc2C(c2ccc(Cl)cc2)C1. The van der Waals surface area contributed by atoms with Gasteiger partial charge in [0, 0.05) is 24.0 Å². The van der Waals surface area contributed by atoms with E-state index in [1.165, 1.54) is 5.56 Å². The molecule has 1 aliphatic heterocycles. The highest BCUT2D eigenvalue weighted by molar-refractivity contribution is 6.30. The van der Waals surface area contributed by atoms with Gasteiger partial charge in [-0.25, -0.2) is 0 Å². The number of benzene rings is 2. The second-order valence-corrected chi connectivity index (χ2v) is 6.09. The first kappa shape index (κ1) is 14.2. The maximum absolute atomic E-state index is 9.86. The van der Waals surface area contributed by atoms with Gasteiger partial charge in [-0.15, -0.1) is 0 Å². The Morgan fingerprint density at radius 2 is 1.76 bits per heavy atom. The normalized spacial score (nSPS) is 19.0. The van der Waals surface area contributed by atoms with Crippen molar-refractivity contribution in [3.05, 3.63) is 58.1 Å². The van der Waals surface area contributed by atoms with Crippen LogP contribution in [0.5, 0.6) is 11.5 Å². The van der Waals surface area contributed by atoms with Gasteiger partial charge in [0.05, 0.1) is 0 Å². The van der Waals surface area contributed by atoms with E-state index in [0.29, 0.717) is 0 Å². The molecule has 3 nitrogen and oxygen atoms in total. The fraction of sp³-hybridized carbons (Fsp3) is 0.294. The molecule has 0 fully saturated rings. The van der Waals surface area contributed by atoms with E-state index < -0.39 is 0 Å². The molecule has 4 heteroatoms. The zero-order valence-electron chi connectivity index (χ0n) is 11.9. The molecule has 0 aromatic heterocycles. The monoisotopic (exact) mass is 303 g/mol. The molecule has 0 amide bonds. The molecule has 2 aromatic carbocycles. The highest BCUT2D eigenvalue weighted by Crippen LogP contribution is 2.37. The summed E-state index contributed by atoms with van der Waals surface area (Å²) in [6.07, 6.45) is 0.865. The Morgan fingerprint density at radius 3 is 2.48 bits per heavy atom. The van der Waals surface area contributed by atoms with E-state index in [4.69, 9.17) is 11.6 Å². The Morgan fingerprint density at radius 1 is 1.10 bits per heavy atom. The zero-order chi connectivity index (χ0) is 15.0. The number of hydrogen-bond donors (Lipinski definition) is 2. The molecule has 0 saturated heterocycles. The van der Waals surface area contributed by atoms with Gasteiger partial charge < -0.3 is 15.1 Å². The summed E-state index contributed by atoms with van der Waals surface area (Å²) in [5, 5.41) is 20.3. The van der Waals surface area contributed by atoms with Crippen molar-refractivity contribution in [3.63, 3.8) is 0 Å². The maximum atomic E-state index is 9.86. The summed E-state index contributed by atoms with van der Waals surface area (Å²) in [5.41, 5.74) is 3.34. The lowest BCUT2D eigenvalue weighted by atomic mass is 9.87. The molecule has 0 saturated carbocycles. The number of hydrogen-bond acceptors (Lipinski definition) is 3. The van der Waals surface area contributed by atoms with Crippen LogP contribution >= 0.6 is 11.6 Å². The van der Waals surface area contributed by atoms with Gasteiger partial charge in [0.2, 0.25) is 0 Å². The standard InChI is InChI=1S/C17H18ClNO2/c1-19-7-6-12-8-16(20)17(21)9-14(12)15(10-19)11-2-4-13(18)5-3-11/h2-5,8-9,15,20-21H,6-7,10H2,1H3. The molecule has 0 bridgehead atoms. The van der Waals surface area contributed by atoms with E-state index >= 15 is 0 Å². The minimum absolute atomic E-state index is 0.0480. The van der Waals surface area contributed by atoms with Crippen molar-refractivity contribution >= 4 is 11.6 Å². The average Bonchev–Trinajstić information content (AvgIpc) is 2.61. The molecule has 1 heterocycles. The summed E-state index contributed by atoms with van der Waals surface area (Å²) >= 11 is 5.97. The van der Waals surface area contributed by atoms with Crippen molar-refractivity contribution in [2.24, 2.45) is 0 Å². The summed E-state index contributed by atoms with van der Waals surface area (Å²) in [5.74, 6) is 0.0571. The number of aromatic hydroxyl groups is 2. The summed E-state index contributed by atoms with van der Waals surface area (Å²) in [7, 11) is 2.09. The number of phenols is 2. The van der Waals surface area contributed by atoms with Crippen LogP contribution in [0.25, 0.3) is 0 Å². The van der Waals surface area contributed by atoms with Crippen LogP contribution in [-0.2, 0) is 6.42 Å². The summed E-state index contributed by atoms with van der Waals surface area (Å²) in [4.78, 5) is 2.27. The molecule has 110 valence electrons. The van der Waals surface area contributed by atoms with Crippen LogP contribution in [0, 0.1) is 0 Å². The molecule has 0 radical (unpaired) electrons. The Hall–Kier alpha value is -1.71. The van der Waals surface area contributed by atoms with Gasteiger partial charge in [0.25, 0.3) is 0 Å². The first-order valence-corrected chi connectivity index (χ1v) is 7.41. The number of fused-ring (bicyclic) bond motifs is 1. The van der Waals surface area contributed by atoms with Crippen molar-refractivity contribution in [2.75, 3.05) is 20.1 Å². The van der Waals surface area contributed by atoms with Crippen LogP contribution in [0.15, 0.2) is 36.4 Å². The fourth-order valence-electron chi connectivity index (χ4n) is 2.97. The first-order valence-electron chi connectivity index (χ1n) is 7.03. The lowest BCUT2D eigenvalue weighted by Gasteiger charge is -2.22. The van der Waals surface area contributed by atoms with Crippen molar-refractivity contribution in [1.82, 2.24) is 4.90 Å². The number of likely N-dealkylation sites (N-methyl/N-ethyl adjacent to an activating group) is 1. The topological polar surface area (TPSA) is 43.7 Å². The fourth-order valence-corrected chi connectivity index (χ4v) is 3.10. The molecule has 1 unspecified atom stereocenters. The second-order valence-electron chi connectivity index (χ2n) is 5.66. The largest absolute Gasteiger partial charge is 0.504 e. The van der Waals surface area contributed by atoms with Crippen molar-refractivity contribution in [3.8, 4) is 11.5 Å². The molecule has 21 heavy (non-hydrogen) atoms. The minimum Gasteiger partial charge on any atom is -0.504 e. The van der Waals surface area contributed by atoms with Gasteiger partial charge in [-0.1, -0.05) is 23.7 Å². The second kappa shape index (κ2) is 5.58. The van der Waals surface area contributed by atoms with Gasteiger partial charge in [0.15, 0.2) is 11.5 Å². The minimum atomic E-state index is -0.0581. The van der Waals surface area contributed by atoms with E-state index in [1.54, 1.807) is 12.1 Å². The van der Waals surface area contributed by atoms with Gasteiger partial charge in [-0.2, -0.15) is 0 Å². The summed E-state index contributed by atoms with van der Waals surface area (Å²) in [6, 6.07) is 11.2. The number of nitrogens with zero attached hydrogens (tertiary/aromatic N) is 1. The van der Waals surface area contributed by atoms with Gasteiger partial charge in [-0.05, 0) is 54.4 Å². The van der Waals surface area contributed by atoms with E-state index in [-0.39, 0.29) is 17.4 Å². The summed E-state index contributed by atoms with van der Waals surface area (Å²) < 4.78 is 0. The quantitative estimate of drug-likeness (QED) is 0.794. The van der Waals surface area contributed by atoms with Crippen molar-refractivity contribution in [1.29, 1.82) is 0 Å². The van der Waals surface area contributed by atoms with Crippen LogP contribution < -0.4 is 0 Å². The van der Waals surface area contributed by atoms with Gasteiger partial charge in [0.1, 0.15) is 0 Å². The lowest BCUT2D eigenvalue weighted by Crippen LogP contribution is -2.24. The average molecular weight is 304 g/mol. The Balaban J connectivity index is 2.11. The van der Waals surface area contributed by atoms with Crippen molar-refractivity contribution < 1.29 is 10.2 Å². The molecule has 1 aliphatic rings.